The van der Waals surface area contributed by atoms with Crippen molar-refractivity contribution in [3.8, 4) is 0 Å². The van der Waals surface area contributed by atoms with Gasteiger partial charge in [0, 0.05) is 50.4 Å². The van der Waals surface area contributed by atoms with Gasteiger partial charge in [-0.1, -0.05) is 53.7 Å². The molecule has 37 heavy (non-hydrogen) atoms. The van der Waals surface area contributed by atoms with Crippen molar-refractivity contribution in [2.45, 2.75) is 12.2 Å². The van der Waals surface area contributed by atoms with Crippen LogP contribution in [-0.2, 0) is 9.59 Å². The Morgan fingerprint density at radius 3 is 2.70 bits per heavy atom. The molecule has 0 bridgehead atoms. The molecule has 194 valence electrons. The van der Waals surface area contributed by atoms with E-state index in [0.29, 0.717) is 36.8 Å². The molecule has 0 saturated carbocycles. The predicted molar refractivity (Wildman–Crippen MR) is 148 cm³/mol. The van der Waals surface area contributed by atoms with Crippen molar-refractivity contribution >= 4 is 59.3 Å². The van der Waals surface area contributed by atoms with Crippen LogP contribution in [0.5, 0.6) is 0 Å². The maximum Gasteiger partial charge on any atom is 0.254 e. The standard InChI is InChI=1S/C26H28ClN5O4S/c1-2-10-28-11-5-12-31-13-15-32(16-14-31)23(34)17-29-26(36)24-19(18-33)6-3-7-20(24)30-25(35)21-8-4-9-22(27)37-21/h2-12,18,21H,13-17H2,1H3,(H,29,36)(H,30,35)/b10-2-,12-5+,28-11-. The van der Waals surface area contributed by atoms with Crippen LogP contribution in [0.4, 0.5) is 5.69 Å². The number of hydrogen-bond acceptors (Lipinski definition) is 7. The number of hydrogen-bond donors (Lipinski definition) is 2. The zero-order valence-electron chi connectivity index (χ0n) is 20.3. The lowest BCUT2D eigenvalue weighted by Crippen LogP contribution is -2.49. The van der Waals surface area contributed by atoms with E-state index in [-0.39, 0.29) is 35.2 Å². The Kier molecular flexibility index (Phi) is 10.7. The first-order valence-corrected chi connectivity index (χ1v) is 12.9. The van der Waals surface area contributed by atoms with Crippen molar-refractivity contribution in [3.05, 3.63) is 76.5 Å². The van der Waals surface area contributed by atoms with Crippen LogP contribution in [-0.4, -0.2) is 78.0 Å². The molecule has 2 N–H and O–H groups in total. The summed E-state index contributed by atoms with van der Waals surface area (Å²) in [7, 11) is 0. The summed E-state index contributed by atoms with van der Waals surface area (Å²) in [5.74, 6) is -1.25. The summed E-state index contributed by atoms with van der Waals surface area (Å²) in [6, 6.07) is 4.58. The third-order valence-electron chi connectivity index (χ3n) is 5.49. The number of nitrogens with zero attached hydrogens (tertiary/aromatic N) is 3. The Labute approximate surface area is 225 Å². The van der Waals surface area contributed by atoms with Gasteiger partial charge < -0.3 is 20.4 Å². The van der Waals surface area contributed by atoms with Gasteiger partial charge in [0.2, 0.25) is 11.8 Å². The van der Waals surface area contributed by atoms with E-state index in [1.54, 1.807) is 41.6 Å². The van der Waals surface area contributed by atoms with Crippen molar-refractivity contribution in [3.63, 3.8) is 0 Å². The molecule has 1 atom stereocenters. The molecule has 9 nitrogen and oxygen atoms in total. The largest absolute Gasteiger partial charge is 0.374 e. The third-order valence-corrected chi connectivity index (χ3v) is 6.87. The molecule has 0 spiro atoms. The number of piperazine rings is 1. The van der Waals surface area contributed by atoms with Crippen LogP contribution in [0.2, 0.25) is 0 Å². The minimum Gasteiger partial charge on any atom is -0.374 e. The molecule has 0 radical (unpaired) electrons. The molecule has 2 aliphatic rings. The highest BCUT2D eigenvalue weighted by Gasteiger charge is 2.24. The van der Waals surface area contributed by atoms with Crippen molar-refractivity contribution in [2.24, 2.45) is 4.99 Å². The monoisotopic (exact) mass is 541 g/mol. The fourth-order valence-corrected chi connectivity index (χ4v) is 4.72. The SMILES string of the molecule is C\C=C/N=C\C=C\N1CCN(C(=O)CNC(=O)c2c(C=O)cccc2NC(=O)C2C=CC=C(Cl)S2)CC1. The number of carbonyl (C=O) groups is 4. The molecule has 1 aromatic carbocycles. The summed E-state index contributed by atoms with van der Waals surface area (Å²) in [4.78, 5) is 57.9. The van der Waals surface area contributed by atoms with Crippen molar-refractivity contribution < 1.29 is 19.2 Å². The fourth-order valence-electron chi connectivity index (χ4n) is 3.62. The highest BCUT2D eigenvalue weighted by molar-refractivity contribution is 8.06. The van der Waals surface area contributed by atoms with Crippen LogP contribution in [0.1, 0.15) is 27.6 Å². The number of amides is 3. The number of rotatable bonds is 9. The summed E-state index contributed by atoms with van der Waals surface area (Å²) in [6.45, 7) is 4.01. The average Bonchev–Trinajstić information content (AvgIpc) is 2.91. The third kappa shape index (κ3) is 8.19. The minimum absolute atomic E-state index is 0.000355. The van der Waals surface area contributed by atoms with Gasteiger partial charge in [0.1, 0.15) is 5.25 Å². The van der Waals surface area contributed by atoms with Crippen LogP contribution in [0.3, 0.4) is 0 Å². The van der Waals surface area contributed by atoms with Gasteiger partial charge in [-0.15, -0.1) is 0 Å². The van der Waals surface area contributed by atoms with Gasteiger partial charge in [-0.25, -0.2) is 0 Å². The number of nitrogens with one attached hydrogen (secondary N) is 2. The summed E-state index contributed by atoms with van der Waals surface area (Å²) < 4.78 is 0.468. The van der Waals surface area contributed by atoms with Crippen LogP contribution < -0.4 is 10.6 Å². The highest BCUT2D eigenvalue weighted by Crippen LogP contribution is 2.31. The highest BCUT2D eigenvalue weighted by atomic mass is 35.5. The van der Waals surface area contributed by atoms with E-state index in [1.165, 1.54) is 23.9 Å². The van der Waals surface area contributed by atoms with E-state index in [0.717, 1.165) is 0 Å². The lowest BCUT2D eigenvalue weighted by atomic mass is 10.0. The van der Waals surface area contributed by atoms with Gasteiger partial charge in [0.05, 0.1) is 22.2 Å². The van der Waals surface area contributed by atoms with E-state index in [1.807, 2.05) is 25.3 Å². The topological polar surface area (TPSA) is 111 Å². The van der Waals surface area contributed by atoms with E-state index in [2.05, 4.69) is 20.5 Å². The van der Waals surface area contributed by atoms with Crippen LogP contribution in [0.15, 0.2) is 70.3 Å². The molecule has 2 heterocycles. The zero-order valence-corrected chi connectivity index (χ0v) is 21.9. The number of aliphatic imine (C=N–C) groups is 1. The van der Waals surface area contributed by atoms with E-state index in [4.69, 9.17) is 11.6 Å². The number of benzene rings is 1. The first-order valence-electron chi connectivity index (χ1n) is 11.6. The normalized spacial score (nSPS) is 17.9. The van der Waals surface area contributed by atoms with Gasteiger partial charge in [0.15, 0.2) is 6.29 Å². The molecule has 1 saturated heterocycles. The maximum absolute atomic E-state index is 13.0. The molecule has 1 aromatic rings. The first-order chi connectivity index (χ1) is 17.9. The number of carbonyl (C=O) groups excluding carboxylic acids is 4. The van der Waals surface area contributed by atoms with Crippen molar-refractivity contribution in [2.75, 3.05) is 38.0 Å². The van der Waals surface area contributed by atoms with Crippen LogP contribution in [0, 0.1) is 0 Å². The summed E-state index contributed by atoms with van der Waals surface area (Å²) in [6.07, 6.45) is 14.6. The number of aldehydes is 1. The molecule has 3 amide bonds. The second kappa shape index (κ2) is 14.2. The molecule has 11 heteroatoms. The Hall–Kier alpha value is -3.63. The van der Waals surface area contributed by atoms with E-state index in [9.17, 15) is 19.2 Å². The van der Waals surface area contributed by atoms with Gasteiger partial charge in [0.25, 0.3) is 5.91 Å². The predicted octanol–water partition coefficient (Wildman–Crippen LogP) is 3.18. The molecule has 1 unspecified atom stereocenters. The molecule has 0 aromatic heterocycles. The van der Waals surface area contributed by atoms with Crippen LogP contribution >= 0.6 is 23.4 Å². The zero-order chi connectivity index (χ0) is 26.6. The summed E-state index contributed by atoms with van der Waals surface area (Å²) in [5, 5.41) is 4.72. The molecular formula is C26H28ClN5O4S. The maximum atomic E-state index is 13.0. The van der Waals surface area contributed by atoms with Crippen molar-refractivity contribution in [1.29, 1.82) is 0 Å². The lowest BCUT2D eigenvalue weighted by Gasteiger charge is -2.34. The van der Waals surface area contributed by atoms with E-state index >= 15 is 0 Å². The Bertz CT molecular complexity index is 1170. The Morgan fingerprint density at radius 1 is 1.22 bits per heavy atom. The molecular weight excluding hydrogens is 514 g/mol. The molecule has 2 aliphatic heterocycles. The number of anilines is 1. The Morgan fingerprint density at radius 2 is 2.00 bits per heavy atom. The number of halogens is 1. The quantitative estimate of drug-likeness (QED) is 0.367. The number of thioether (sulfide) groups is 1. The minimum atomic E-state index is -0.627. The Balaban J connectivity index is 1.57. The molecule has 3 rings (SSSR count). The lowest BCUT2D eigenvalue weighted by molar-refractivity contribution is -0.131. The first kappa shape index (κ1) is 27.9. The van der Waals surface area contributed by atoms with Crippen LogP contribution in [0.25, 0.3) is 0 Å². The second-order valence-electron chi connectivity index (χ2n) is 7.99. The summed E-state index contributed by atoms with van der Waals surface area (Å²) in [5.41, 5.74) is 0.281. The van der Waals surface area contributed by atoms with Gasteiger partial charge in [-0.2, -0.15) is 0 Å². The molecule has 0 aliphatic carbocycles. The molecule has 1 fully saturated rings. The number of allylic oxidation sites excluding steroid dienone is 4. The summed E-state index contributed by atoms with van der Waals surface area (Å²) >= 11 is 7.17. The van der Waals surface area contributed by atoms with Gasteiger partial charge in [-0.05, 0) is 25.1 Å². The van der Waals surface area contributed by atoms with Gasteiger partial charge in [-0.3, -0.25) is 24.2 Å². The van der Waals surface area contributed by atoms with Crippen molar-refractivity contribution in [1.82, 2.24) is 15.1 Å². The van der Waals surface area contributed by atoms with E-state index < -0.39 is 11.2 Å². The average molecular weight is 542 g/mol. The fraction of sp³-hybridized carbons (Fsp3) is 0.269. The second-order valence-corrected chi connectivity index (χ2v) is 9.81. The smallest absolute Gasteiger partial charge is 0.254 e. The van der Waals surface area contributed by atoms with Gasteiger partial charge >= 0.3 is 0 Å².